The van der Waals surface area contributed by atoms with E-state index in [0.717, 1.165) is 24.1 Å². The number of amides is 2. The van der Waals surface area contributed by atoms with Crippen LogP contribution in [0.15, 0.2) is 65.1 Å². The van der Waals surface area contributed by atoms with Crippen molar-refractivity contribution in [2.45, 2.75) is 24.2 Å². The van der Waals surface area contributed by atoms with Crippen molar-refractivity contribution in [2.75, 3.05) is 23.9 Å². The number of alkyl halides is 10. The molecule has 3 aromatic rings. The van der Waals surface area contributed by atoms with E-state index in [4.69, 9.17) is 5.26 Å². The van der Waals surface area contributed by atoms with Gasteiger partial charge in [0.2, 0.25) is 0 Å². The molecule has 16 heteroatoms. The van der Waals surface area contributed by atoms with Gasteiger partial charge in [-0.15, -0.1) is 0 Å². The lowest BCUT2D eigenvalue weighted by molar-refractivity contribution is -0.348. The van der Waals surface area contributed by atoms with E-state index in [0.29, 0.717) is 4.90 Å². The van der Waals surface area contributed by atoms with Gasteiger partial charge in [-0.1, -0.05) is 12.1 Å². The standard InChI is InChI=1S/C27H16BrF10N3O2/c1-40(22(42)15-6-3-5-14(9-15)13-39)18-8-4-7-16(10-18)23(43)41(2)21-19(25(30,31)32)11-17(12-20(21)28)24(29,26(33,34)35)27(36,37)38/h3-12H,1-2H3. The average molecular weight is 684 g/mol. The predicted molar refractivity (Wildman–Crippen MR) is 137 cm³/mol. The number of carbonyl (C=O) groups is 2. The number of rotatable bonds is 5. The minimum absolute atomic E-state index is 0.0645. The minimum atomic E-state index is -6.68. The Bertz CT molecular complexity index is 1600. The summed E-state index contributed by atoms with van der Waals surface area (Å²) in [6, 6.07) is 11.5. The second-order valence-electron chi connectivity index (χ2n) is 8.98. The first-order chi connectivity index (χ1) is 19.6. The molecule has 0 fully saturated rings. The van der Waals surface area contributed by atoms with E-state index in [1.165, 1.54) is 43.4 Å². The van der Waals surface area contributed by atoms with Gasteiger partial charge in [0.1, 0.15) is 0 Å². The van der Waals surface area contributed by atoms with Gasteiger partial charge in [-0.05, 0) is 64.5 Å². The average Bonchev–Trinajstić information content (AvgIpc) is 2.93. The SMILES string of the molecule is CN(C(=O)c1cccc(C#N)c1)c1cccc(C(=O)N(C)c2c(Br)cc(C(F)(C(F)(F)F)C(F)(F)F)cc2C(F)(F)F)c1. The first-order valence-electron chi connectivity index (χ1n) is 11.5. The molecule has 228 valence electrons. The number of anilines is 2. The molecule has 0 radical (unpaired) electrons. The van der Waals surface area contributed by atoms with Crippen molar-refractivity contribution >= 4 is 39.1 Å². The van der Waals surface area contributed by atoms with Gasteiger partial charge in [0.15, 0.2) is 0 Å². The summed E-state index contributed by atoms with van der Waals surface area (Å²) in [6.45, 7) is 0. The van der Waals surface area contributed by atoms with Crippen molar-refractivity contribution in [3.63, 3.8) is 0 Å². The van der Waals surface area contributed by atoms with Crippen molar-refractivity contribution in [1.82, 2.24) is 0 Å². The molecule has 0 atom stereocenters. The Morgan fingerprint density at radius 3 is 1.77 bits per heavy atom. The van der Waals surface area contributed by atoms with Crippen LogP contribution in [0.1, 0.15) is 37.4 Å². The maximum Gasteiger partial charge on any atom is 0.435 e. The van der Waals surface area contributed by atoms with Gasteiger partial charge in [-0.2, -0.15) is 44.8 Å². The van der Waals surface area contributed by atoms with Gasteiger partial charge >= 0.3 is 24.2 Å². The topological polar surface area (TPSA) is 64.4 Å². The van der Waals surface area contributed by atoms with Crippen LogP contribution in [0, 0.1) is 11.3 Å². The van der Waals surface area contributed by atoms with E-state index < -0.39 is 63.4 Å². The van der Waals surface area contributed by atoms with Gasteiger partial charge in [0.25, 0.3) is 11.8 Å². The lowest BCUT2D eigenvalue weighted by atomic mass is 9.91. The number of benzene rings is 3. The first-order valence-corrected chi connectivity index (χ1v) is 12.3. The highest BCUT2D eigenvalue weighted by Gasteiger charge is 2.73. The van der Waals surface area contributed by atoms with Gasteiger partial charge in [-0.3, -0.25) is 9.59 Å². The fourth-order valence-electron chi connectivity index (χ4n) is 4.02. The molecule has 0 spiro atoms. The zero-order valence-electron chi connectivity index (χ0n) is 21.6. The third-order valence-electron chi connectivity index (χ3n) is 6.21. The Morgan fingerprint density at radius 1 is 0.744 bits per heavy atom. The molecule has 0 N–H and O–H groups in total. The van der Waals surface area contributed by atoms with Crippen LogP contribution in [0.5, 0.6) is 0 Å². The van der Waals surface area contributed by atoms with Crippen LogP contribution >= 0.6 is 15.9 Å². The number of halogens is 11. The monoisotopic (exact) mass is 683 g/mol. The summed E-state index contributed by atoms with van der Waals surface area (Å²) in [4.78, 5) is 27.5. The van der Waals surface area contributed by atoms with E-state index in [1.54, 1.807) is 0 Å². The number of hydrogen-bond acceptors (Lipinski definition) is 3. The van der Waals surface area contributed by atoms with Crippen molar-refractivity contribution in [1.29, 1.82) is 5.26 Å². The second kappa shape index (κ2) is 11.5. The van der Waals surface area contributed by atoms with Gasteiger partial charge in [-0.25, -0.2) is 4.39 Å². The Kier molecular flexibility index (Phi) is 8.94. The summed E-state index contributed by atoms with van der Waals surface area (Å²) >= 11 is 2.48. The number of nitriles is 1. The van der Waals surface area contributed by atoms with Gasteiger partial charge in [0, 0.05) is 40.9 Å². The van der Waals surface area contributed by atoms with Crippen molar-refractivity contribution in [3.05, 3.63) is 93.0 Å². The highest BCUT2D eigenvalue weighted by molar-refractivity contribution is 9.10. The third kappa shape index (κ3) is 6.31. The number of nitrogens with zero attached hydrogens (tertiary/aromatic N) is 3. The molecule has 0 aliphatic rings. The molecule has 2 amide bonds. The van der Waals surface area contributed by atoms with Crippen LogP contribution in [0.4, 0.5) is 55.3 Å². The zero-order chi connectivity index (χ0) is 32.7. The number of carbonyl (C=O) groups excluding carboxylic acids is 2. The molecular weight excluding hydrogens is 668 g/mol. The van der Waals surface area contributed by atoms with Crippen LogP contribution in [0.25, 0.3) is 0 Å². The molecule has 0 heterocycles. The summed E-state index contributed by atoms with van der Waals surface area (Å²) in [7, 11) is 2.07. The second-order valence-corrected chi connectivity index (χ2v) is 9.83. The molecule has 3 rings (SSSR count). The Morgan fingerprint density at radius 2 is 1.26 bits per heavy atom. The summed E-state index contributed by atoms with van der Waals surface area (Å²) in [5, 5.41) is 9.05. The van der Waals surface area contributed by atoms with Gasteiger partial charge < -0.3 is 9.80 Å². The summed E-state index contributed by atoms with van der Waals surface area (Å²) in [5.41, 5.74) is -11.9. The lowest BCUT2D eigenvalue weighted by Crippen LogP contribution is -2.50. The Balaban J connectivity index is 2.08. The molecule has 0 bridgehead atoms. The van der Waals surface area contributed by atoms with Crippen LogP contribution in [-0.4, -0.2) is 38.3 Å². The summed E-state index contributed by atoms with van der Waals surface area (Å²) < 4.78 is 135. The maximum atomic E-state index is 14.6. The van der Waals surface area contributed by atoms with Crippen molar-refractivity contribution < 1.29 is 53.5 Å². The predicted octanol–water partition coefficient (Wildman–Crippen LogP) is 8.18. The van der Waals surface area contributed by atoms with E-state index >= 15 is 0 Å². The minimum Gasteiger partial charge on any atom is -0.311 e. The molecule has 5 nitrogen and oxygen atoms in total. The Labute approximate surface area is 245 Å². The quantitative estimate of drug-likeness (QED) is 0.255. The van der Waals surface area contributed by atoms with E-state index in [2.05, 4.69) is 15.9 Å². The molecule has 0 saturated carbocycles. The van der Waals surface area contributed by atoms with Crippen molar-refractivity contribution in [3.8, 4) is 6.07 Å². The lowest BCUT2D eigenvalue weighted by Gasteiger charge is -2.32. The largest absolute Gasteiger partial charge is 0.435 e. The third-order valence-corrected chi connectivity index (χ3v) is 6.82. The fourth-order valence-corrected chi connectivity index (χ4v) is 4.74. The molecule has 0 aromatic heterocycles. The fraction of sp³-hybridized carbons (Fsp3) is 0.222. The van der Waals surface area contributed by atoms with Crippen LogP contribution in [0.3, 0.4) is 0 Å². The smallest absolute Gasteiger partial charge is 0.311 e. The molecule has 0 unspecified atom stereocenters. The molecule has 0 aliphatic heterocycles. The Hall–Kier alpha value is -4.13. The summed E-state index contributed by atoms with van der Waals surface area (Å²) in [5.74, 6) is -1.84. The van der Waals surface area contributed by atoms with Crippen molar-refractivity contribution in [2.24, 2.45) is 0 Å². The first kappa shape index (κ1) is 33.4. The van der Waals surface area contributed by atoms with Crippen LogP contribution < -0.4 is 9.80 Å². The molecule has 43 heavy (non-hydrogen) atoms. The maximum absolute atomic E-state index is 14.6. The van der Waals surface area contributed by atoms with E-state index in [-0.39, 0.29) is 28.4 Å². The molecule has 3 aromatic carbocycles. The van der Waals surface area contributed by atoms with Gasteiger partial charge in [0.05, 0.1) is 22.9 Å². The highest BCUT2D eigenvalue weighted by Crippen LogP contribution is 2.55. The molecular formula is C27H16BrF10N3O2. The highest BCUT2D eigenvalue weighted by atomic mass is 79.9. The normalized spacial score (nSPS) is 12.5. The summed E-state index contributed by atoms with van der Waals surface area (Å²) in [6.07, 6.45) is -19.0. The molecule has 0 aliphatic carbocycles. The van der Waals surface area contributed by atoms with E-state index in [1.807, 2.05) is 6.07 Å². The van der Waals surface area contributed by atoms with Crippen LogP contribution in [-0.2, 0) is 11.8 Å². The zero-order valence-corrected chi connectivity index (χ0v) is 23.2. The molecule has 0 saturated heterocycles. The van der Waals surface area contributed by atoms with Crippen LogP contribution in [0.2, 0.25) is 0 Å². The number of hydrogen-bond donors (Lipinski definition) is 0. The van der Waals surface area contributed by atoms with E-state index in [9.17, 15) is 53.5 Å².